The minimum atomic E-state index is -1.62. The van der Waals surface area contributed by atoms with Crippen LogP contribution in [0.25, 0.3) is 0 Å². The predicted molar refractivity (Wildman–Crippen MR) is 271 cm³/mol. The number of nitrogens with zero attached hydrogens (tertiary/aromatic N) is 1. The van der Waals surface area contributed by atoms with Crippen molar-refractivity contribution in [2.45, 2.75) is 127 Å². The van der Waals surface area contributed by atoms with E-state index in [1.54, 1.807) is 86.6 Å². The van der Waals surface area contributed by atoms with Gasteiger partial charge in [-0.15, -0.1) is 11.3 Å². The molecular weight excluding hydrogens is 949 g/mol. The van der Waals surface area contributed by atoms with Crippen LogP contribution in [0.4, 0.5) is 0 Å². The number of primary amides is 1. The Morgan fingerprint density at radius 2 is 1.04 bits per heavy atom. The van der Waals surface area contributed by atoms with E-state index in [4.69, 9.17) is 22.9 Å². The first-order valence-corrected chi connectivity index (χ1v) is 24.7. The number of guanidine groups is 1. The van der Waals surface area contributed by atoms with Crippen molar-refractivity contribution < 1.29 is 48.3 Å². The second kappa shape index (κ2) is 31.0. The molecule has 22 nitrogen and oxygen atoms in total. The molecule has 0 radical (unpaired) electrons. The van der Waals surface area contributed by atoms with Crippen molar-refractivity contribution in [1.82, 2.24) is 37.2 Å². The van der Waals surface area contributed by atoms with E-state index in [1.807, 2.05) is 5.38 Å². The van der Waals surface area contributed by atoms with Gasteiger partial charge in [-0.25, -0.2) is 4.79 Å². The first-order chi connectivity index (χ1) is 34.3. The van der Waals surface area contributed by atoms with Crippen molar-refractivity contribution in [3.63, 3.8) is 0 Å². The normalized spacial score (nSPS) is 14.2. The Morgan fingerprint density at radius 1 is 0.583 bits per heavy atom. The second-order valence-electron chi connectivity index (χ2n) is 17.3. The number of nitrogens with one attached hydrogen (secondary N) is 7. The third-order valence-corrected chi connectivity index (χ3v) is 12.4. The number of carboxylic acid groups (broad SMARTS) is 1. The fourth-order valence-corrected chi connectivity index (χ4v) is 8.20. The number of hydrogen-bond acceptors (Lipinski definition) is 12. The number of rotatable bonds is 32. The number of carbonyl (C=O) groups is 9. The highest BCUT2D eigenvalue weighted by atomic mass is 32.1. The molecule has 2 aromatic carbocycles. The van der Waals surface area contributed by atoms with Crippen LogP contribution < -0.4 is 60.2 Å². The van der Waals surface area contributed by atoms with Crippen LogP contribution in [0.5, 0.6) is 0 Å². The molecule has 8 atom stereocenters. The molecule has 0 aliphatic carbocycles. The molecule has 0 bridgehead atoms. The van der Waals surface area contributed by atoms with Gasteiger partial charge in [0.2, 0.25) is 47.3 Å². The summed E-state index contributed by atoms with van der Waals surface area (Å²) in [4.78, 5) is 126. The number of aliphatic imine (C=N–C) groups is 1. The van der Waals surface area contributed by atoms with E-state index in [1.165, 1.54) is 18.3 Å². The topological polar surface area (TPSA) is 375 Å². The highest BCUT2D eigenvalue weighted by molar-refractivity contribution is 7.09. The van der Waals surface area contributed by atoms with Gasteiger partial charge >= 0.3 is 5.97 Å². The highest BCUT2D eigenvalue weighted by Gasteiger charge is 2.35. The van der Waals surface area contributed by atoms with Crippen LogP contribution in [0.3, 0.4) is 0 Å². The Balaban J connectivity index is 1.99. The molecule has 0 saturated carbocycles. The molecule has 0 aliphatic heterocycles. The number of carboxylic acids is 1. The van der Waals surface area contributed by atoms with Gasteiger partial charge in [0.25, 0.3) is 0 Å². The van der Waals surface area contributed by atoms with Crippen LogP contribution in [0.15, 0.2) is 83.2 Å². The number of amides is 8. The molecular formula is C49H70N12O10S. The zero-order valence-corrected chi connectivity index (χ0v) is 41.7. The number of thiophene rings is 1. The van der Waals surface area contributed by atoms with E-state index in [-0.39, 0.29) is 57.6 Å². The number of carbonyl (C=O) groups excluding carboxylic acids is 8. The smallest absolute Gasteiger partial charge is 0.326 e. The number of hydrogen-bond donors (Lipinski definition) is 12. The maximum absolute atomic E-state index is 14.6. The SMILES string of the molecule is CC[C@H](C)[C@H](NC(=O)[C@H](CC(N)=O)NC(=O)[C@H](CCCCN)NC(=O)[C@H](Cc1ccccc1)NC(=O)[C@H](Cc1ccccc1)NC(=O)[C@H](CCCN=C(N)N)NC(=O)[C@H](Cc1cccs1)NC(C)=O)C(=O)O. The number of aliphatic carboxylic acids is 1. The van der Waals surface area contributed by atoms with Gasteiger partial charge in [0, 0.05) is 37.6 Å². The van der Waals surface area contributed by atoms with Crippen molar-refractivity contribution >= 4 is 70.5 Å². The third kappa shape index (κ3) is 21.3. The Kier molecular flexibility index (Phi) is 25.4. The maximum Gasteiger partial charge on any atom is 0.326 e. The van der Waals surface area contributed by atoms with Crippen LogP contribution in [-0.2, 0) is 62.4 Å². The van der Waals surface area contributed by atoms with Gasteiger partial charge in [0.15, 0.2) is 5.96 Å². The van der Waals surface area contributed by atoms with Gasteiger partial charge in [-0.2, -0.15) is 0 Å². The standard InChI is InChI=1S/C49H70N12O10S/c1-4-29(2)41(48(70)71)61-47(69)39(28-40(51)63)60-42(64)34(20-11-12-22-50)56-44(66)36(25-31-15-7-5-8-16-31)59-45(67)37(26-32-17-9-6-10-18-32)58-43(65)35(21-13-23-54-49(52)53)57-46(68)38(55-30(3)62)27-33-19-14-24-72-33/h5-10,14-19,24,29,34-39,41H,4,11-13,20-23,25-28,50H2,1-3H3,(H2,51,63)(H,55,62)(H,56,66)(H,57,68)(H,58,65)(H,59,67)(H,60,64)(H,61,69)(H,70,71)(H4,52,53,54)/t29-,34-,35-,36-,37-,38-,39-,41-/m0/s1. The molecule has 23 heteroatoms. The van der Waals surface area contributed by atoms with Crippen LogP contribution >= 0.6 is 11.3 Å². The Hall–Kier alpha value is -7.40. The lowest BCUT2D eigenvalue weighted by molar-refractivity contribution is -0.144. The summed E-state index contributed by atoms with van der Waals surface area (Å²) in [5.41, 5.74) is 23.5. The first-order valence-electron chi connectivity index (χ1n) is 23.8. The fraction of sp³-hybridized carbons (Fsp3) is 0.469. The summed E-state index contributed by atoms with van der Waals surface area (Å²) < 4.78 is 0. The lowest BCUT2D eigenvalue weighted by Crippen LogP contribution is -2.61. The quantitative estimate of drug-likeness (QED) is 0.0211. The summed E-state index contributed by atoms with van der Waals surface area (Å²) in [6.07, 6.45) is 0.631. The van der Waals surface area contributed by atoms with Crippen molar-refractivity contribution in [3.05, 3.63) is 94.2 Å². The van der Waals surface area contributed by atoms with Crippen LogP contribution in [-0.4, -0.2) is 120 Å². The fourth-order valence-electron chi connectivity index (χ4n) is 7.45. The summed E-state index contributed by atoms with van der Waals surface area (Å²) in [6.45, 7) is 4.96. The van der Waals surface area contributed by atoms with Crippen molar-refractivity contribution in [2.75, 3.05) is 13.1 Å². The monoisotopic (exact) mass is 1020 g/mol. The Bertz CT molecular complexity index is 2280. The second-order valence-corrected chi connectivity index (χ2v) is 18.4. The van der Waals surface area contributed by atoms with Crippen LogP contribution in [0.1, 0.15) is 81.7 Å². The summed E-state index contributed by atoms with van der Waals surface area (Å²) in [5.74, 6) is -8.42. The molecule has 0 saturated heterocycles. The molecule has 72 heavy (non-hydrogen) atoms. The first kappa shape index (κ1) is 58.9. The summed E-state index contributed by atoms with van der Waals surface area (Å²) in [7, 11) is 0. The largest absolute Gasteiger partial charge is 0.480 e. The van der Waals surface area contributed by atoms with Gasteiger partial charge in [-0.1, -0.05) is 87.0 Å². The average Bonchev–Trinajstić information content (AvgIpc) is 3.86. The Morgan fingerprint density at radius 3 is 1.47 bits per heavy atom. The van der Waals surface area contributed by atoms with Crippen LogP contribution in [0.2, 0.25) is 0 Å². The van der Waals surface area contributed by atoms with Crippen LogP contribution in [0, 0.1) is 5.92 Å². The molecule has 0 fully saturated rings. The molecule has 16 N–H and O–H groups in total. The number of benzene rings is 2. The lowest BCUT2D eigenvalue weighted by atomic mass is 9.98. The minimum absolute atomic E-state index is 0.00455. The zero-order chi connectivity index (χ0) is 53.2. The summed E-state index contributed by atoms with van der Waals surface area (Å²) in [5, 5.41) is 30.1. The molecule has 0 spiro atoms. The van der Waals surface area contributed by atoms with E-state index >= 15 is 0 Å². The molecule has 3 rings (SSSR count). The maximum atomic E-state index is 14.6. The van der Waals surface area contributed by atoms with E-state index in [0.29, 0.717) is 30.4 Å². The molecule has 0 unspecified atom stereocenters. The van der Waals surface area contributed by atoms with E-state index < -0.39 is 108 Å². The van der Waals surface area contributed by atoms with Gasteiger partial charge in [-0.05, 0) is 67.1 Å². The number of nitrogens with two attached hydrogens (primary N) is 4. The summed E-state index contributed by atoms with van der Waals surface area (Å²) in [6, 6.07) is 11.6. The van der Waals surface area contributed by atoms with Gasteiger partial charge < -0.3 is 65.3 Å². The molecule has 8 amide bonds. The van der Waals surface area contributed by atoms with E-state index in [0.717, 1.165) is 4.88 Å². The van der Waals surface area contributed by atoms with Crippen molar-refractivity contribution in [3.8, 4) is 0 Å². The van der Waals surface area contributed by atoms with Crippen molar-refractivity contribution in [1.29, 1.82) is 0 Å². The number of unbranched alkanes of at least 4 members (excludes halogenated alkanes) is 1. The zero-order valence-electron chi connectivity index (χ0n) is 40.9. The minimum Gasteiger partial charge on any atom is -0.480 e. The molecule has 392 valence electrons. The van der Waals surface area contributed by atoms with E-state index in [9.17, 15) is 48.3 Å². The Labute approximate surface area is 423 Å². The van der Waals surface area contributed by atoms with Gasteiger partial charge in [0.05, 0.1) is 6.42 Å². The third-order valence-electron chi connectivity index (χ3n) is 11.5. The average molecular weight is 1020 g/mol. The van der Waals surface area contributed by atoms with Crippen molar-refractivity contribution in [2.24, 2.45) is 33.8 Å². The highest BCUT2D eigenvalue weighted by Crippen LogP contribution is 2.14. The predicted octanol–water partition coefficient (Wildman–Crippen LogP) is -0.622. The van der Waals surface area contributed by atoms with E-state index in [2.05, 4.69) is 42.2 Å². The molecule has 3 aromatic rings. The summed E-state index contributed by atoms with van der Waals surface area (Å²) >= 11 is 1.38. The lowest BCUT2D eigenvalue weighted by Gasteiger charge is -2.28. The van der Waals surface area contributed by atoms with Gasteiger partial charge in [0.1, 0.15) is 42.3 Å². The molecule has 1 heterocycles. The molecule has 1 aromatic heterocycles. The molecule has 0 aliphatic rings. The van der Waals surface area contributed by atoms with Gasteiger partial charge in [-0.3, -0.25) is 43.3 Å².